The standard InChI is InChI=1S/C31H34F2N8O2S/c1-3-25-30(37(2)31-36-28(26(15-34)44-31)20-6-8-21(32)9-7-20)41-16-22(14-24(33)29(41)35-25)39-12-4-10-38(11-5-13-39)19-27(43)40-17-23(42)18-40/h6-9,14,16,23,42H,3-5,10-13,17-19H2,1-2H3. The summed E-state index contributed by atoms with van der Waals surface area (Å²) in [7, 11) is 1.83. The number of pyridine rings is 1. The predicted molar refractivity (Wildman–Crippen MR) is 165 cm³/mol. The zero-order chi connectivity index (χ0) is 31.0. The number of fused-ring (bicyclic) bond motifs is 1. The minimum Gasteiger partial charge on any atom is -0.389 e. The van der Waals surface area contributed by atoms with Crippen LogP contribution >= 0.6 is 11.3 Å². The van der Waals surface area contributed by atoms with Gasteiger partial charge in [0.25, 0.3) is 0 Å². The van der Waals surface area contributed by atoms with Gasteiger partial charge in [0.2, 0.25) is 5.91 Å². The second-order valence-electron chi connectivity index (χ2n) is 11.3. The summed E-state index contributed by atoms with van der Waals surface area (Å²) in [5, 5.41) is 19.9. The minimum atomic E-state index is -0.424. The lowest BCUT2D eigenvalue weighted by atomic mass is 10.1. The van der Waals surface area contributed by atoms with Crippen LogP contribution in [0.2, 0.25) is 0 Å². The number of aliphatic hydroxyl groups excluding tert-OH is 1. The number of carbonyl (C=O) groups is 1. The number of aryl methyl sites for hydroxylation is 1. The number of thiazole rings is 1. The number of aliphatic hydroxyl groups is 1. The van der Waals surface area contributed by atoms with Crippen molar-refractivity contribution < 1.29 is 18.7 Å². The number of rotatable bonds is 7. The van der Waals surface area contributed by atoms with E-state index in [1.165, 1.54) is 29.5 Å². The van der Waals surface area contributed by atoms with Gasteiger partial charge in [-0.05, 0) is 43.5 Å². The highest BCUT2D eigenvalue weighted by Crippen LogP contribution is 2.37. The Morgan fingerprint density at radius 3 is 2.48 bits per heavy atom. The summed E-state index contributed by atoms with van der Waals surface area (Å²) in [5.41, 5.74) is 2.77. The number of imidazole rings is 1. The Balaban J connectivity index is 1.25. The summed E-state index contributed by atoms with van der Waals surface area (Å²) < 4.78 is 30.9. The van der Waals surface area contributed by atoms with E-state index in [0.717, 1.165) is 31.6 Å². The third kappa shape index (κ3) is 5.85. The second kappa shape index (κ2) is 12.5. The van der Waals surface area contributed by atoms with Crippen LogP contribution in [0.1, 0.15) is 30.3 Å². The number of nitriles is 1. The van der Waals surface area contributed by atoms with Crippen LogP contribution < -0.4 is 9.80 Å². The van der Waals surface area contributed by atoms with E-state index >= 15 is 4.39 Å². The number of hydrogen-bond acceptors (Lipinski definition) is 9. The third-order valence-corrected chi connectivity index (χ3v) is 9.26. The van der Waals surface area contributed by atoms with Crippen molar-refractivity contribution in [3.8, 4) is 17.3 Å². The summed E-state index contributed by atoms with van der Waals surface area (Å²) >= 11 is 1.22. The van der Waals surface area contributed by atoms with Crippen LogP contribution in [-0.2, 0) is 11.2 Å². The average Bonchev–Trinajstić information content (AvgIpc) is 3.59. The van der Waals surface area contributed by atoms with Crippen LogP contribution in [0.15, 0.2) is 36.5 Å². The van der Waals surface area contributed by atoms with Crippen LogP contribution in [-0.4, -0.2) is 94.1 Å². The van der Waals surface area contributed by atoms with E-state index in [0.29, 0.717) is 71.9 Å². The highest BCUT2D eigenvalue weighted by molar-refractivity contribution is 7.16. The van der Waals surface area contributed by atoms with E-state index in [4.69, 9.17) is 4.98 Å². The van der Waals surface area contributed by atoms with E-state index in [9.17, 15) is 19.6 Å². The molecular weight excluding hydrogens is 586 g/mol. The normalized spacial score (nSPS) is 16.5. The molecule has 44 heavy (non-hydrogen) atoms. The summed E-state index contributed by atoms with van der Waals surface area (Å²) in [5.74, 6) is -0.0746. The quantitative estimate of drug-likeness (QED) is 0.330. The molecule has 5 heterocycles. The highest BCUT2D eigenvalue weighted by Gasteiger charge is 2.30. The van der Waals surface area contributed by atoms with Crippen molar-refractivity contribution >= 4 is 39.5 Å². The number of aromatic nitrogens is 3. The van der Waals surface area contributed by atoms with E-state index in [-0.39, 0.29) is 17.4 Å². The Hall–Kier alpha value is -4.12. The molecule has 1 N–H and O–H groups in total. The molecule has 0 radical (unpaired) electrons. The number of hydrogen-bond donors (Lipinski definition) is 1. The van der Waals surface area contributed by atoms with Gasteiger partial charge < -0.3 is 19.8 Å². The van der Waals surface area contributed by atoms with Gasteiger partial charge in [0, 0.05) is 64.1 Å². The topological polar surface area (TPSA) is 104 Å². The molecule has 0 unspecified atom stereocenters. The average molecular weight is 621 g/mol. The maximum Gasteiger partial charge on any atom is 0.236 e. The number of β-amino-alcohol motifs (C(OH)–C–C–N with tert-alkyl or cyclic N) is 1. The minimum absolute atomic E-state index is 0.0515. The smallest absolute Gasteiger partial charge is 0.236 e. The fourth-order valence-corrected chi connectivity index (χ4v) is 6.72. The van der Waals surface area contributed by atoms with Gasteiger partial charge in [-0.1, -0.05) is 18.3 Å². The Bertz CT molecular complexity index is 1700. The Kier molecular flexibility index (Phi) is 8.48. The first kappa shape index (κ1) is 29.9. The van der Waals surface area contributed by atoms with Gasteiger partial charge in [0.1, 0.15) is 28.3 Å². The molecule has 230 valence electrons. The molecule has 4 aromatic rings. The van der Waals surface area contributed by atoms with Gasteiger partial charge in [-0.25, -0.2) is 18.7 Å². The largest absolute Gasteiger partial charge is 0.389 e. The number of carbonyl (C=O) groups excluding carboxylic acids is 1. The summed E-state index contributed by atoms with van der Waals surface area (Å²) in [6, 6.07) is 9.61. The zero-order valence-electron chi connectivity index (χ0n) is 24.7. The molecule has 13 heteroatoms. The maximum absolute atomic E-state index is 15.6. The molecule has 0 aliphatic carbocycles. The van der Waals surface area contributed by atoms with Crippen molar-refractivity contribution in [2.45, 2.75) is 32.3 Å². The van der Waals surface area contributed by atoms with Gasteiger partial charge in [-0.3, -0.25) is 14.1 Å². The number of amides is 1. The lowest BCUT2D eigenvalue weighted by Gasteiger charge is -2.38. The van der Waals surface area contributed by atoms with Gasteiger partial charge in [0.05, 0.1) is 24.0 Å². The van der Waals surface area contributed by atoms with Crippen molar-refractivity contribution in [2.24, 2.45) is 0 Å². The van der Waals surface area contributed by atoms with Crippen molar-refractivity contribution in [1.82, 2.24) is 24.2 Å². The fourth-order valence-electron chi connectivity index (χ4n) is 5.87. The molecule has 2 saturated heterocycles. The first-order chi connectivity index (χ1) is 21.2. The molecule has 0 atom stereocenters. The predicted octanol–water partition coefficient (Wildman–Crippen LogP) is 4.04. The third-order valence-electron chi connectivity index (χ3n) is 8.22. The van der Waals surface area contributed by atoms with Crippen LogP contribution in [0.5, 0.6) is 0 Å². The molecule has 10 nitrogen and oxygen atoms in total. The number of benzene rings is 1. The Morgan fingerprint density at radius 1 is 1.14 bits per heavy atom. The first-order valence-electron chi connectivity index (χ1n) is 14.8. The van der Waals surface area contributed by atoms with Gasteiger partial charge in [-0.2, -0.15) is 5.26 Å². The molecular formula is C31H34F2N8O2S. The molecule has 0 saturated carbocycles. The summed E-state index contributed by atoms with van der Waals surface area (Å²) in [6.07, 6.45) is 3.70. The van der Waals surface area contributed by atoms with E-state index in [1.807, 2.05) is 25.1 Å². The molecule has 2 aliphatic rings. The lowest BCUT2D eigenvalue weighted by Crippen LogP contribution is -2.56. The van der Waals surface area contributed by atoms with Crippen molar-refractivity contribution in [2.75, 3.05) is 62.7 Å². The van der Waals surface area contributed by atoms with Gasteiger partial charge in [-0.15, -0.1) is 0 Å². The van der Waals surface area contributed by atoms with Gasteiger partial charge in [0.15, 0.2) is 16.6 Å². The summed E-state index contributed by atoms with van der Waals surface area (Å²) in [6.45, 7) is 6.06. The SMILES string of the molecule is CCc1nc2c(F)cc(N3CCCN(CC(=O)N4CC(O)C4)CCC3)cn2c1N(C)c1nc(-c2ccc(F)cc2)c(C#N)s1. The zero-order valence-corrected chi connectivity index (χ0v) is 25.5. The van der Waals surface area contributed by atoms with Crippen LogP contribution in [0.25, 0.3) is 16.9 Å². The van der Waals surface area contributed by atoms with E-state index in [2.05, 4.69) is 20.9 Å². The van der Waals surface area contributed by atoms with E-state index in [1.54, 1.807) is 21.4 Å². The van der Waals surface area contributed by atoms with Crippen LogP contribution in [0.3, 0.4) is 0 Å². The molecule has 6 rings (SSSR count). The fraction of sp³-hybridized carbons (Fsp3) is 0.419. The molecule has 1 aromatic carbocycles. The van der Waals surface area contributed by atoms with Crippen molar-refractivity contribution in [1.29, 1.82) is 5.26 Å². The molecule has 0 spiro atoms. The highest BCUT2D eigenvalue weighted by atomic mass is 32.1. The Morgan fingerprint density at radius 2 is 1.84 bits per heavy atom. The second-order valence-corrected chi connectivity index (χ2v) is 12.2. The molecule has 1 amide bonds. The van der Waals surface area contributed by atoms with Gasteiger partial charge >= 0.3 is 0 Å². The number of likely N-dealkylation sites (tertiary alicyclic amines) is 1. The molecule has 2 fully saturated rings. The summed E-state index contributed by atoms with van der Waals surface area (Å²) in [4.78, 5) is 30.1. The number of nitrogens with zero attached hydrogens (tertiary/aromatic N) is 8. The van der Waals surface area contributed by atoms with Crippen molar-refractivity contribution in [3.05, 3.63) is 58.7 Å². The van der Waals surface area contributed by atoms with Crippen molar-refractivity contribution in [3.63, 3.8) is 0 Å². The molecule has 3 aromatic heterocycles. The molecule has 2 aliphatic heterocycles. The maximum atomic E-state index is 15.6. The van der Waals surface area contributed by atoms with Crippen LogP contribution in [0.4, 0.5) is 25.4 Å². The van der Waals surface area contributed by atoms with E-state index < -0.39 is 11.9 Å². The number of halogens is 2. The monoisotopic (exact) mass is 620 g/mol. The van der Waals surface area contributed by atoms with Crippen LogP contribution in [0, 0.1) is 23.0 Å². The number of anilines is 3. The molecule has 0 bridgehead atoms. The first-order valence-corrected chi connectivity index (χ1v) is 15.6. The Labute approximate surface area is 258 Å². The lowest BCUT2D eigenvalue weighted by molar-refractivity contribution is -0.142.